The van der Waals surface area contributed by atoms with Crippen molar-refractivity contribution in [2.45, 2.75) is 18.2 Å². The Morgan fingerprint density at radius 3 is 2.89 bits per heavy atom. The van der Waals surface area contributed by atoms with Gasteiger partial charge in [0.25, 0.3) is 0 Å². The van der Waals surface area contributed by atoms with E-state index in [-0.39, 0.29) is 0 Å². The first-order valence-corrected chi connectivity index (χ1v) is 6.96. The molecule has 1 aromatic carbocycles. The Morgan fingerprint density at radius 2 is 2.26 bits per heavy atom. The molecule has 0 bridgehead atoms. The summed E-state index contributed by atoms with van der Waals surface area (Å²) in [6, 6.07) is 6.89. The topological polar surface area (TPSA) is 75.6 Å². The van der Waals surface area contributed by atoms with Crippen LogP contribution in [0.25, 0.3) is 0 Å². The van der Waals surface area contributed by atoms with Crippen LogP contribution in [0.2, 0.25) is 0 Å². The first kappa shape index (κ1) is 15.4. The van der Waals surface area contributed by atoms with Crippen LogP contribution in [-0.2, 0) is 15.3 Å². The van der Waals surface area contributed by atoms with Crippen molar-refractivity contribution >= 4 is 24.1 Å². The average molecular weight is 283 g/mol. The summed E-state index contributed by atoms with van der Waals surface area (Å²) < 4.78 is 5.23. The van der Waals surface area contributed by atoms with Gasteiger partial charge in [-0.25, -0.2) is 4.79 Å². The summed E-state index contributed by atoms with van der Waals surface area (Å²) in [6.07, 6.45) is 0.817. The van der Waals surface area contributed by atoms with Gasteiger partial charge in [0.05, 0.1) is 7.11 Å². The van der Waals surface area contributed by atoms with Gasteiger partial charge in [-0.05, 0) is 18.2 Å². The lowest BCUT2D eigenvalue weighted by atomic mass is 10.2. The smallest absolute Gasteiger partial charge is 0.326 e. The number of carboxylic acid groups (broad SMARTS) is 1. The number of methoxy groups -OCH3 is 1. The lowest BCUT2D eigenvalue weighted by Gasteiger charge is -2.11. The zero-order valence-electron chi connectivity index (χ0n) is 10.7. The molecule has 6 heteroatoms. The van der Waals surface area contributed by atoms with E-state index in [0.29, 0.717) is 18.6 Å². The summed E-state index contributed by atoms with van der Waals surface area (Å²) in [5, 5.41) is 11.1. The van der Waals surface area contributed by atoms with Gasteiger partial charge < -0.3 is 15.2 Å². The van der Waals surface area contributed by atoms with Crippen LogP contribution in [-0.4, -0.2) is 36.4 Å². The predicted molar refractivity (Wildman–Crippen MR) is 74.4 cm³/mol. The van der Waals surface area contributed by atoms with Crippen LogP contribution >= 0.6 is 11.8 Å². The summed E-state index contributed by atoms with van der Waals surface area (Å²) in [5.41, 5.74) is 1.07. The number of hydrogen-bond donors (Lipinski definition) is 2. The summed E-state index contributed by atoms with van der Waals surface area (Å²) in [7, 11) is 1.62. The molecular weight excluding hydrogens is 266 g/mol. The highest BCUT2D eigenvalue weighted by molar-refractivity contribution is 7.98. The number of para-hydroxylation sites is 1. The third kappa shape index (κ3) is 5.21. The normalized spacial score (nSPS) is 11.6. The third-order valence-electron chi connectivity index (χ3n) is 2.57. The zero-order valence-corrected chi connectivity index (χ0v) is 11.5. The number of ether oxygens (including phenoxy) is 1. The van der Waals surface area contributed by atoms with Crippen molar-refractivity contribution in [1.29, 1.82) is 0 Å². The van der Waals surface area contributed by atoms with E-state index in [1.807, 2.05) is 24.3 Å². The molecule has 0 spiro atoms. The number of carboxylic acids is 1. The molecule has 0 aliphatic heterocycles. The van der Waals surface area contributed by atoms with Crippen molar-refractivity contribution in [3.8, 4) is 5.75 Å². The lowest BCUT2D eigenvalue weighted by Crippen LogP contribution is -2.36. The Labute approximate surface area is 116 Å². The number of amides is 1. The fourth-order valence-electron chi connectivity index (χ4n) is 1.57. The van der Waals surface area contributed by atoms with Crippen LogP contribution in [0.1, 0.15) is 12.0 Å². The van der Waals surface area contributed by atoms with Crippen LogP contribution in [0.4, 0.5) is 0 Å². The minimum atomic E-state index is -1.01. The molecule has 5 nitrogen and oxygen atoms in total. The van der Waals surface area contributed by atoms with Crippen molar-refractivity contribution in [2.24, 2.45) is 0 Å². The Balaban J connectivity index is 2.37. The molecule has 1 atom stereocenters. The van der Waals surface area contributed by atoms with Crippen molar-refractivity contribution in [3.63, 3.8) is 0 Å². The Bertz CT molecular complexity index is 425. The minimum absolute atomic E-state index is 0.397. The van der Waals surface area contributed by atoms with E-state index in [0.717, 1.165) is 17.1 Å². The fourth-order valence-corrected chi connectivity index (χ4v) is 2.57. The molecule has 0 saturated carbocycles. The molecule has 1 rings (SSSR count). The average Bonchev–Trinajstić information content (AvgIpc) is 2.42. The molecular formula is C13H17NO4S. The maximum absolute atomic E-state index is 10.8. The van der Waals surface area contributed by atoms with E-state index in [9.17, 15) is 9.59 Å². The Hall–Kier alpha value is -1.69. The second-order valence-electron chi connectivity index (χ2n) is 3.83. The number of hydrogen-bond acceptors (Lipinski definition) is 4. The van der Waals surface area contributed by atoms with Gasteiger partial charge in [-0.1, -0.05) is 18.2 Å². The molecule has 104 valence electrons. The first-order valence-electron chi connectivity index (χ1n) is 5.81. The number of nitrogens with one attached hydrogen (secondary N) is 1. The van der Waals surface area contributed by atoms with Crippen LogP contribution in [0.3, 0.4) is 0 Å². The molecule has 19 heavy (non-hydrogen) atoms. The number of rotatable bonds is 9. The molecule has 0 radical (unpaired) electrons. The zero-order chi connectivity index (χ0) is 14.1. The number of benzene rings is 1. The van der Waals surface area contributed by atoms with Gasteiger partial charge in [0.15, 0.2) is 0 Å². The highest BCUT2D eigenvalue weighted by atomic mass is 32.2. The van der Waals surface area contributed by atoms with Gasteiger partial charge in [0.1, 0.15) is 11.8 Å². The molecule has 0 fully saturated rings. The van der Waals surface area contributed by atoms with Gasteiger partial charge in [0.2, 0.25) is 6.41 Å². The van der Waals surface area contributed by atoms with Crippen molar-refractivity contribution < 1.29 is 19.4 Å². The van der Waals surface area contributed by atoms with Crippen LogP contribution in [0, 0.1) is 0 Å². The van der Waals surface area contributed by atoms with Crippen LogP contribution < -0.4 is 10.1 Å². The van der Waals surface area contributed by atoms with E-state index < -0.39 is 12.0 Å². The molecule has 0 saturated heterocycles. The number of carbonyl (C=O) groups excluding carboxylic acids is 1. The van der Waals surface area contributed by atoms with Crippen LogP contribution in [0.5, 0.6) is 5.75 Å². The molecule has 0 heterocycles. The molecule has 0 aliphatic rings. The van der Waals surface area contributed by atoms with Gasteiger partial charge in [-0.2, -0.15) is 11.8 Å². The van der Waals surface area contributed by atoms with E-state index >= 15 is 0 Å². The second-order valence-corrected chi connectivity index (χ2v) is 4.93. The lowest BCUT2D eigenvalue weighted by molar-refractivity contribution is -0.140. The minimum Gasteiger partial charge on any atom is -0.496 e. The van der Waals surface area contributed by atoms with Gasteiger partial charge in [0, 0.05) is 11.3 Å². The summed E-state index contributed by atoms with van der Waals surface area (Å²) in [6.45, 7) is 0. The van der Waals surface area contributed by atoms with Gasteiger partial charge in [-0.3, -0.25) is 4.79 Å². The van der Waals surface area contributed by atoms with E-state index in [2.05, 4.69) is 5.32 Å². The highest BCUT2D eigenvalue weighted by Gasteiger charge is 2.15. The molecule has 2 N–H and O–H groups in total. The molecule has 1 unspecified atom stereocenters. The van der Waals surface area contributed by atoms with Crippen molar-refractivity contribution in [1.82, 2.24) is 5.32 Å². The maximum atomic E-state index is 10.8. The second kappa shape index (κ2) is 8.42. The standard InChI is InChI=1S/C13H17NO4S/c1-18-12-5-3-2-4-10(12)8-19-7-6-11(13(16)17)14-9-15/h2-5,9,11H,6-8H2,1H3,(H,14,15)(H,16,17). The fraction of sp³-hybridized carbons (Fsp3) is 0.385. The quantitative estimate of drug-likeness (QED) is 0.531. The van der Waals surface area contributed by atoms with E-state index in [1.54, 1.807) is 18.9 Å². The Kier molecular flexibility index (Phi) is 6.81. The molecule has 1 aromatic rings. The predicted octanol–water partition coefficient (Wildman–Crippen LogP) is 1.52. The molecule has 0 aliphatic carbocycles. The van der Waals surface area contributed by atoms with Crippen molar-refractivity contribution in [2.75, 3.05) is 12.9 Å². The monoisotopic (exact) mass is 283 g/mol. The van der Waals surface area contributed by atoms with Crippen LogP contribution in [0.15, 0.2) is 24.3 Å². The van der Waals surface area contributed by atoms with E-state index in [1.165, 1.54) is 0 Å². The summed E-state index contributed by atoms with van der Waals surface area (Å²) >= 11 is 1.61. The SMILES string of the molecule is COc1ccccc1CSCCC(NC=O)C(=O)O. The number of aliphatic carboxylic acids is 1. The summed E-state index contributed by atoms with van der Waals surface area (Å²) in [4.78, 5) is 21.1. The van der Waals surface area contributed by atoms with E-state index in [4.69, 9.17) is 9.84 Å². The van der Waals surface area contributed by atoms with Gasteiger partial charge in [-0.15, -0.1) is 0 Å². The van der Waals surface area contributed by atoms with Gasteiger partial charge >= 0.3 is 5.97 Å². The Morgan fingerprint density at radius 1 is 1.53 bits per heavy atom. The summed E-state index contributed by atoms with van der Waals surface area (Å²) in [5.74, 6) is 1.22. The first-order chi connectivity index (χ1) is 9.19. The number of carbonyl (C=O) groups is 2. The molecule has 0 aromatic heterocycles. The van der Waals surface area contributed by atoms with Crippen molar-refractivity contribution in [3.05, 3.63) is 29.8 Å². The number of thioether (sulfide) groups is 1. The molecule has 1 amide bonds. The maximum Gasteiger partial charge on any atom is 0.326 e. The largest absolute Gasteiger partial charge is 0.496 e. The highest BCUT2D eigenvalue weighted by Crippen LogP contribution is 2.23. The third-order valence-corrected chi connectivity index (χ3v) is 3.61.